The zero-order chi connectivity index (χ0) is 14.1. The van der Waals surface area contributed by atoms with Crippen molar-refractivity contribution in [2.45, 2.75) is 25.8 Å². The fourth-order valence-corrected chi connectivity index (χ4v) is 2.95. The molecule has 1 heterocycles. The van der Waals surface area contributed by atoms with Gasteiger partial charge in [-0.05, 0) is 31.9 Å². The number of pyridine rings is 1. The molecule has 2 aromatic rings. The minimum absolute atomic E-state index is 0.133. The number of benzene rings is 1. The number of aryl methyl sites for hydroxylation is 1. The number of hydrogen-bond donors (Lipinski definition) is 0. The second-order valence-electron chi connectivity index (χ2n) is 5.25. The van der Waals surface area contributed by atoms with Crippen molar-refractivity contribution in [2.75, 3.05) is 11.9 Å². The van der Waals surface area contributed by atoms with Gasteiger partial charge in [-0.25, -0.2) is 0 Å². The first-order valence-corrected chi connectivity index (χ1v) is 8.06. The topological polar surface area (TPSA) is 33.2 Å². The standard InChI is InChI=1S/C16H17BrN2O/c1-11-10-14(13-4-2-3-5-15(13)18-11)16(20)19(9-8-17)12-6-7-12/h2-5,10,12H,6-9H2,1H3. The summed E-state index contributed by atoms with van der Waals surface area (Å²) >= 11 is 3.44. The van der Waals surface area contributed by atoms with Gasteiger partial charge in [-0.1, -0.05) is 34.1 Å². The number of carbonyl (C=O) groups excluding carboxylic acids is 1. The van der Waals surface area contributed by atoms with Gasteiger partial charge in [0.25, 0.3) is 5.91 Å². The van der Waals surface area contributed by atoms with Gasteiger partial charge in [0.15, 0.2) is 0 Å². The molecule has 1 aromatic heterocycles. The van der Waals surface area contributed by atoms with Gasteiger partial charge in [0, 0.05) is 29.0 Å². The first-order chi connectivity index (χ1) is 9.70. The number of rotatable bonds is 4. The monoisotopic (exact) mass is 332 g/mol. The molecule has 3 nitrogen and oxygen atoms in total. The van der Waals surface area contributed by atoms with Crippen LogP contribution in [-0.4, -0.2) is 33.7 Å². The van der Waals surface area contributed by atoms with Crippen LogP contribution in [0.5, 0.6) is 0 Å². The first kappa shape index (κ1) is 13.6. The van der Waals surface area contributed by atoms with Gasteiger partial charge in [-0.3, -0.25) is 9.78 Å². The predicted octanol–water partition coefficient (Wildman–Crippen LogP) is 3.54. The lowest BCUT2D eigenvalue weighted by molar-refractivity contribution is 0.0756. The summed E-state index contributed by atoms with van der Waals surface area (Å²) in [4.78, 5) is 19.4. The van der Waals surface area contributed by atoms with E-state index in [1.807, 2.05) is 42.2 Å². The average molecular weight is 333 g/mol. The van der Waals surface area contributed by atoms with E-state index >= 15 is 0 Å². The lowest BCUT2D eigenvalue weighted by Gasteiger charge is -2.22. The normalized spacial score (nSPS) is 14.5. The van der Waals surface area contributed by atoms with Crippen molar-refractivity contribution in [2.24, 2.45) is 0 Å². The predicted molar refractivity (Wildman–Crippen MR) is 84.3 cm³/mol. The Labute approximate surface area is 127 Å². The van der Waals surface area contributed by atoms with E-state index in [1.54, 1.807) is 0 Å². The highest BCUT2D eigenvalue weighted by Gasteiger charge is 2.33. The molecule has 3 rings (SSSR count). The van der Waals surface area contributed by atoms with E-state index in [0.717, 1.165) is 46.9 Å². The largest absolute Gasteiger partial charge is 0.335 e. The minimum atomic E-state index is 0.133. The number of aromatic nitrogens is 1. The molecule has 0 spiro atoms. The second-order valence-corrected chi connectivity index (χ2v) is 6.04. The minimum Gasteiger partial charge on any atom is -0.335 e. The van der Waals surface area contributed by atoms with Gasteiger partial charge in [0.2, 0.25) is 0 Å². The van der Waals surface area contributed by atoms with Crippen molar-refractivity contribution in [3.05, 3.63) is 41.6 Å². The number of alkyl halides is 1. The molecule has 4 heteroatoms. The highest BCUT2D eigenvalue weighted by atomic mass is 79.9. The fourth-order valence-electron chi connectivity index (χ4n) is 2.57. The van der Waals surface area contributed by atoms with Gasteiger partial charge >= 0.3 is 0 Å². The third kappa shape index (κ3) is 2.57. The van der Waals surface area contributed by atoms with Crippen molar-refractivity contribution in [1.82, 2.24) is 9.88 Å². The summed E-state index contributed by atoms with van der Waals surface area (Å²) in [6, 6.07) is 10.2. The van der Waals surface area contributed by atoms with Gasteiger partial charge in [0.1, 0.15) is 0 Å². The number of para-hydroxylation sites is 1. The number of fused-ring (bicyclic) bond motifs is 1. The number of nitrogens with zero attached hydrogens (tertiary/aromatic N) is 2. The second kappa shape index (κ2) is 5.52. The number of amides is 1. The Bertz CT molecular complexity index is 652. The summed E-state index contributed by atoms with van der Waals surface area (Å²) in [5.41, 5.74) is 2.56. The maximum absolute atomic E-state index is 12.9. The highest BCUT2D eigenvalue weighted by Crippen LogP contribution is 2.29. The molecule has 104 valence electrons. The molecule has 1 amide bonds. The molecule has 1 aromatic carbocycles. The maximum atomic E-state index is 12.9. The molecule has 1 fully saturated rings. The molecule has 20 heavy (non-hydrogen) atoms. The number of halogens is 1. The van der Waals surface area contributed by atoms with Crippen LogP contribution < -0.4 is 0 Å². The summed E-state index contributed by atoms with van der Waals surface area (Å²) in [5, 5.41) is 1.76. The Morgan fingerprint density at radius 1 is 1.40 bits per heavy atom. The van der Waals surface area contributed by atoms with Crippen LogP contribution >= 0.6 is 15.9 Å². The molecular formula is C16H17BrN2O. The Kier molecular flexibility index (Phi) is 3.74. The van der Waals surface area contributed by atoms with E-state index < -0.39 is 0 Å². The molecule has 0 aliphatic heterocycles. The van der Waals surface area contributed by atoms with Crippen molar-refractivity contribution < 1.29 is 4.79 Å². The summed E-state index contributed by atoms with van der Waals surface area (Å²) in [7, 11) is 0. The van der Waals surface area contributed by atoms with Crippen LogP contribution in [0.2, 0.25) is 0 Å². The van der Waals surface area contributed by atoms with E-state index in [9.17, 15) is 4.79 Å². The third-order valence-corrected chi connectivity index (χ3v) is 4.00. The van der Waals surface area contributed by atoms with Crippen LogP contribution in [0.1, 0.15) is 28.9 Å². The van der Waals surface area contributed by atoms with Crippen LogP contribution in [0.4, 0.5) is 0 Å². The van der Waals surface area contributed by atoms with Crippen LogP contribution in [-0.2, 0) is 0 Å². The van der Waals surface area contributed by atoms with Gasteiger partial charge in [-0.2, -0.15) is 0 Å². The Morgan fingerprint density at radius 2 is 2.15 bits per heavy atom. The maximum Gasteiger partial charge on any atom is 0.254 e. The summed E-state index contributed by atoms with van der Waals surface area (Å²) < 4.78 is 0. The van der Waals surface area contributed by atoms with Crippen LogP contribution in [0, 0.1) is 6.92 Å². The van der Waals surface area contributed by atoms with Gasteiger partial charge < -0.3 is 4.90 Å². The van der Waals surface area contributed by atoms with E-state index in [4.69, 9.17) is 0 Å². The number of carbonyl (C=O) groups is 1. The SMILES string of the molecule is Cc1cc(C(=O)N(CCBr)C2CC2)c2ccccc2n1. The van der Waals surface area contributed by atoms with E-state index in [1.165, 1.54) is 0 Å². The molecule has 0 atom stereocenters. The molecule has 0 N–H and O–H groups in total. The fraction of sp³-hybridized carbons (Fsp3) is 0.375. The molecule has 1 aliphatic rings. The summed E-state index contributed by atoms with van der Waals surface area (Å²) in [5.74, 6) is 0.133. The smallest absolute Gasteiger partial charge is 0.254 e. The van der Waals surface area contributed by atoms with Crippen molar-refractivity contribution in [1.29, 1.82) is 0 Å². The van der Waals surface area contributed by atoms with Gasteiger partial charge in [-0.15, -0.1) is 0 Å². The number of hydrogen-bond acceptors (Lipinski definition) is 2. The lowest BCUT2D eigenvalue weighted by Crippen LogP contribution is -2.34. The molecule has 0 saturated heterocycles. The molecule has 1 saturated carbocycles. The van der Waals surface area contributed by atoms with Crippen LogP contribution in [0.15, 0.2) is 30.3 Å². The third-order valence-electron chi connectivity index (χ3n) is 3.65. The molecule has 0 unspecified atom stereocenters. The quantitative estimate of drug-likeness (QED) is 0.802. The van der Waals surface area contributed by atoms with Gasteiger partial charge in [0.05, 0.1) is 11.1 Å². The van der Waals surface area contributed by atoms with Crippen molar-refractivity contribution in [3.63, 3.8) is 0 Å². The van der Waals surface area contributed by atoms with Crippen molar-refractivity contribution >= 4 is 32.7 Å². The molecule has 1 aliphatic carbocycles. The van der Waals surface area contributed by atoms with E-state index in [0.29, 0.717) is 6.04 Å². The van der Waals surface area contributed by atoms with Crippen LogP contribution in [0.25, 0.3) is 10.9 Å². The lowest BCUT2D eigenvalue weighted by atomic mass is 10.1. The average Bonchev–Trinajstić information content (AvgIpc) is 3.27. The highest BCUT2D eigenvalue weighted by molar-refractivity contribution is 9.09. The molecule has 0 radical (unpaired) electrons. The first-order valence-electron chi connectivity index (χ1n) is 6.94. The van der Waals surface area contributed by atoms with Crippen LogP contribution in [0.3, 0.4) is 0 Å². The zero-order valence-corrected chi connectivity index (χ0v) is 13.1. The van der Waals surface area contributed by atoms with Crippen molar-refractivity contribution in [3.8, 4) is 0 Å². The zero-order valence-electron chi connectivity index (χ0n) is 11.5. The summed E-state index contributed by atoms with van der Waals surface area (Å²) in [6.07, 6.45) is 2.25. The van der Waals surface area contributed by atoms with E-state index in [-0.39, 0.29) is 5.91 Å². The Hall–Kier alpha value is -1.42. The Morgan fingerprint density at radius 3 is 2.85 bits per heavy atom. The Balaban J connectivity index is 2.06. The molecular weight excluding hydrogens is 316 g/mol. The van der Waals surface area contributed by atoms with E-state index in [2.05, 4.69) is 20.9 Å². The molecule has 0 bridgehead atoms. The summed E-state index contributed by atoms with van der Waals surface area (Å²) in [6.45, 7) is 2.70.